The number of nitriles is 1. The summed E-state index contributed by atoms with van der Waals surface area (Å²) in [4.78, 5) is 28.9. The molecule has 8 heteroatoms. The van der Waals surface area contributed by atoms with Gasteiger partial charge in [-0.3, -0.25) is 4.79 Å². The van der Waals surface area contributed by atoms with Gasteiger partial charge in [0.1, 0.15) is 5.82 Å². The molecular weight excluding hydrogens is 370 g/mol. The zero-order valence-electron chi connectivity index (χ0n) is 15.1. The lowest BCUT2D eigenvalue weighted by Gasteiger charge is -2.10. The maximum atomic E-state index is 12.4. The van der Waals surface area contributed by atoms with Crippen molar-refractivity contribution in [2.24, 2.45) is 11.8 Å². The maximum absolute atomic E-state index is 12.4. The standard InChI is InChI=1S/C21H15N5O3/c22-9-12-6-14(12)20(27)25-19-7-11-5-13(8-16(23)15(11)10-24-19)26-17-3-1-2-4-18(17)29-21(26)28/h1-5,7-8,10,12,14H,6,23H2,(H,24,25,27). The number of carbonyl (C=O) groups is 1. The van der Waals surface area contributed by atoms with Crippen molar-refractivity contribution in [1.82, 2.24) is 9.55 Å². The highest BCUT2D eigenvalue weighted by molar-refractivity contribution is 5.99. The second-order valence-corrected chi connectivity index (χ2v) is 7.06. The van der Waals surface area contributed by atoms with E-state index in [4.69, 9.17) is 15.4 Å². The molecule has 2 aromatic carbocycles. The van der Waals surface area contributed by atoms with Crippen LogP contribution < -0.4 is 16.8 Å². The number of pyridine rings is 1. The smallest absolute Gasteiger partial charge is 0.407 e. The number of oxazole rings is 1. The molecule has 2 aromatic heterocycles. The molecular formula is C21H15N5O3. The number of anilines is 2. The second-order valence-electron chi connectivity index (χ2n) is 7.06. The van der Waals surface area contributed by atoms with E-state index < -0.39 is 5.76 Å². The number of nitrogens with one attached hydrogen (secondary N) is 1. The lowest BCUT2D eigenvalue weighted by Crippen LogP contribution is -2.15. The second kappa shape index (κ2) is 6.21. The van der Waals surface area contributed by atoms with Gasteiger partial charge < -0.3 is 15.5 Å². The summed E-state index contributed by atoms with van der Waals surface area (Å²) in [6.07, 6.45) is 2.15. The van der Waals surface area contributed by atoms with Crippen molar-refractivity contribution in [3.8, 4) is 11.8 Å². The van der Waals surface area contributed by atoms with Crippen LogP contribution in [0.3, 0.4) is 0 Å². The van der Waals surface area contributed by atoms with Gasteiger partial charge in [-0.15, -0.1) is 0 Å². The zero-order chi connectivity index (χ0) is 20.1. The van der Waals surface area contributed by atoms with E-state index in [1.807, 2.05) is 6.07 Å². The summed E-state index contributed by atoms with van der Waals surface area (Å²) < 4.78 is 6.76. The van der Waals surface area contributed by atoms with Crippen molar-refractivity contribution in [2.75, 3.05) is 11.1 Å². The molecule has 8 nitrogen and oxygen atoms in total. The van der Waals surface area contributed by atoms with Crippen LogP contribution in [0.5, 0.6) is 0 Å². The molecule has 0 bridgehead atoms. The molecule has 1 aliphatic carbocycles. The van der Waals surface area contributed by atoms with Crippen LogP contribution >= 0.6 is 0 Å². The molecule has 5 rings (SSSR count). The van der Waals surface area contributed by atoms with E-state index in [1.165, 1.54) is 4.57 Å². The molecule has 2 heterocycles. The summed E-state index contributed by atoms with van der Waals surface area (Å²) in [6.45, 7) is 0. The number of benzene rings is 2. The van der Waals surface area contributed by atoms with Crippen molar-refractivity contribution >= 4 is 39.3 Å². The van der Waals surface area contributed by atoms with E-state index in [9.17, 15) is 9.59 Å². The Morgan fingerprint density at radius 3 is 2.93 bits per heavy atom. The highest BCUT2D eigenvalue weighted by Gasteiger charge is 2.43. The first-order chi connectivity index (χ1) is 14.0. The number of nitrogens with two attached hydrogens (primary N) is 1. The number of para-hydroxylation sites is 2. The van der Waals surface area contributed by atoms with Crippen molar-refractivity contribution < 1.29 is 9.21 Å². The molecule has 0 aliphatic heterocycles. The number of carbonyl (C=O) groups excluding carboxylic acids is 1. The summed E-state index contributed by atoms with van der Waals surface area (Å²) in [6, 6.07) is 14.4. The Morgan fingerprint density at radius 1 is 1.31 bits per heavy atom. The molecule has 1 saturated carbocycles. The van der Waals surface area contributed by atoms with Gasteiger partial charge in [-0.2, -0.15) is 5.26 Å². The van der Waals surface area contributed by atoms with Crippen molar-refractivity contribution in [2.45, 2.75) is 6.42 Å². The molecule has 142 valence electrons. The van der Waals surface area contributed by atoms with E-state index in [0.29, 0.717) is 40.1 Å². The molecule has 3 N–H and O–H groups in total. The van der Waals surface area contributed by atoms with Crippen molar-refractivity contribution in [3.05, 3.63) is 59.2 Å². The first-order valence-corrected chi connectivity index (χ1v) is 9.06. The number of nitrogen functional groups attached to an aromatic ring is 1. The predicted molar refractivity (Wildman–Crippen MR) is 107 cm³/mol. The van der Waals surface area contributed by atoms with Gasteiger partial charge in [-0.1, -0.05) is 12.1 Å². The molecule has 0 saturated heterocycles. The fourth-order valence-corrected chi connectivity index (χ4v) is 3.52. The Kier molecular flexibility index (Phi) is 3.64. The minimum absolute atomic E-state index is 0.218. The van der Waals surface area contributed by atoms with Gasteiger partial charge in [0, 0.05) is 17.3 Å². The van der Waals surface area contributed by atoms with Gasteiger partial charge in [0.05, 0.1) is 29.1 Å². The van der Waals surface area contributed by atoms with Gasteiger partial charge in [-0.25, -0.2) is 14.3 Å². The van der Waals surface area contributed by atoms with Crippen LogP contribution in [0.4, 0.5) is 11.5 Å². The molecule has 1 amide bonds. The summed E-state index contributed by atoms with van der Waals surface area (Å²) in [7, 11) is 0. The first kappa shape index (κ1) is 17.0. The molecule has 0 spiro atoms. The lowest BCUT2D eigenvalue weighted by molar-refractivity contribution is -0.117. The molecule has 1 fully saturated rings. The van der Waals surface area contributed by atoms with Crippen LogP contribution in [0.1, 0.15) is 6.42 Å². The Morgan fingerprint density at radius 2 is 2.14 bits per heavy atom. The van der Waals surface area contributed by atoms with Crippen LogP contribution in [0.25, 0.3) is 27.6 Å². The summed E-state index contributed by atoms with van der Waals surface area (Å²) in [5, 5.41) is 13.1. The van der Waals surface area contributed by atoms with Crippen LogP contribution in [-0.4, -0.2) is 15.5 Å². The van der Waals surface area contributed by atoms with E-state index in [2.05, 4.69) is 16.4 Å². The summed E-state index contributed by atoms with van der Waals surface area (Å²) in [5.41, 5.74) is 8.32. The fourth-order valence-electron chi connectivity index (χ4n) is 3.52. The highest BCUT2D eigenvalue weighted by atomic mass is 16.4. The van der Waals surface area contributed by atoms with Gasteiger partial charge in [0.2, 0.25) is 5.91 Å². The number of rotatable bonds is 3. The van der Waals surface area contributed by atoms with E-state index in [1.54, 1.807) is 42.6 Å². The quantitative estimate of drug-likeness (QED) is 0.522. The van der Waals surface area contributed by atoms with E-state index >= 15 is 0 Å². The molecule has 29 heavy (non-hydrogen) atoms. The van der Waals surface area contributed by atoms with Gasteiger partial charge in [0.15, 0.2) is 5.58 Å². The minimum atomic E-state index is -0.510. The third-order valence-electron chi connectivity index (χ3n) is 5.14. The lowest BCUT2D eigenvalue weighted by atomic mass is 10.1. The summed E-state index contributed by atoms with van der Waals surface area (Å²) in [5.74, 6) is -0.871. The van der Waals surface area contributed by atoms with Gasteiger partial charge in [0.25, 0.3) is 0 Å². The average molecular weight is 385 g/mol. The van der Waals surface area contributed by atoms with E-state index in [0.717, 1.165) is 5.39 Å². The Labute approximate surface area is 164 Å². The number of hydrogen-bond donors (Lipinski definition) is 2. The Hall–Kier alpha value is -4.12. The SMILES string of the molecule is N#CC1CC1C(=O)Nc1cc2cc(-n3c(=O)oc4ccccc43)cc(N)c2cn1. The highest BCUT2D eigenvalue weighted by Crippen LogP contribution is 2.38. The largest absolute Gasteiger partial charge is 0.424 e. The number of nitrogens with zero attached hydrogens (tertiary/aromatic N) is 3. The average Bonchev–Trinajstić information content (AvgIpc) is 3.42. The number of aromatic nitrogens is 2. The topological polar surface area (TPSA) is 127 Å². The van der Waals surface area contributed by atoms with Crippen molar-refractivity contribution in [1.29, 1.82) is 5.26 Å². The number of hydrogen-bond acceptors (Lipinski definition) is 6. The summed E-state index contributed by atoms with van der Waals surface area (Å²) >= 11 is 0. The van der Waals surface area contributed by atoms with Gasteiger partial charge in [-0.05, 0) is 42.1 Å². The number of amides is 1. The van der Waals surface area contributed by atoms with E-state index in [-0.39, 0.29) is 17.7 Å². The zero-order valence-corrected chi connectivity index (χ0v) is 15.1. The minimum Gasteiger partial charge on any atom is -0.407 e. The molecule has 4 aromatic rings. The molecule has 2 unspecified atom stereocenters. The monoisotopic (exact) mass is 385 g/mol. The molecule has 0 radical (unpaired) electrons. The number of fused-ring (bicyclic) bond motifs is 2. The Balaban J connectivity index is 1.58. The third kappa shape index (κ3) is 2.80. The van der Waals surface area contributed by atoms with Crippen LogP contribution in [0.15, 0.2) is 57.9 Å². The molecule has 2 atom stereocenters. The van der Waals surface area contributed by atoms with Crippen LogP contribution in [0.2, 0.25) is 0 Å². The maximum Gasteiger partial charge on any atom is 0.424 e. The Bertz CT molecular complexity index is 1400. The fraction of sp³-hybridized carbons (Fsp3) is 0.143. The van der Waals surface area contributed by atoms with Crippen LogP contribution in [-0.2, 0) is 4.79 Å². The predicted octanol–water partition coefficient (Wildman–Crippen LogP) is 2.81. The molecule has 1 aliphatic rings. The third-order valence-corrected chi connectivity index (χ3v) is 5.14. The van der Waals surface area contributed by atoms with Crippen LogP contribution in [0, 0.1) is 23.2 Å². The normalized spacial score (nSPS) is 17.9. The van der Waals surface area contributed by atoms with Gasteiger partial charge >= 0.3 is 5.76 Å². The van der Waals surface area contributed by atoms with Crippen molar-refractivity contribution in [3.63, 3.8) is 0 Å². The first-order valence-electron chi connectivity index (χ1n) is 9.06.